The van der Waals surface area contributed by atoms with E-state index in [2.05, 4.69) is 0 Å². The molecule has 0 saturated carbocycles. The Bertz CT molecular complexity index is 19.7. The van der Waals surface area contributed by atoms with Gasteiger partial charge in [0, 0.05) is 131 Å². The summed E-state index contributed by atoms with van der Waals surface area (Å²) >= 11 is 0. The first-order valence-electron chi connectivity index (χ1n) is 0. The Balaban J connectivity index is 0. The smallest absolute Gasteiger partial charge is 0 e. The SMILES string of the molecule is [AlH3].[Ce].[Cu].[La].[MgH2].[Mn].[Zn]. The first kappa shape index (κ1) is 54.5. The van der Waals surface area contributed by atoms with Gasteiger partial charge in [0.1, 0.15) is 0 Å². The molecule has 0 saturated heterocycles. The summed E-state index contributed by atoms with van der Waals surface area (Å²) < 4.78 is 0. The van der Waals surface area contributed by atoms with Gasteiger partial charge in [0.2, 0.25) is 0 Å². The third kappa shape index (κ3) is 34.2. The van der Waals surface area contributed by atoms with Crippen molar-refractivity contribution in [1.29, 1.82) is 0 Å². The summed E-state index contributed by atoms with van der Waals surface area (Å²) in [5.74, 6) is 0. The van der Waals surface area contributed by atoms with Crippen molar-refractivity contribution in [1.82, 2.24) is 0 Å². The van der Waals surface area contributed by atoms with Crippen LogP contribution in [0.3, 0.4) is 0 Å². The van der Waals surface area contributed by atoms with Gasteiger partial charge in [0.25, 0.3) is 0 Å². The van der Waals surface area contributed by atoms with Gasteiger partial charge in [-0.25, -0.2) is 0 Å². The Labute approximate surface area is 167 Å². The van der Waals surface area contributed by atoms with Crippen LogP contribution in [0, 0.1) is 77.3 Å². The van der Waals surface area contributed by atoms with E-state index in [1.165, 1.54) is 0 Å². The number of rotatable bonds is 0. The summed E-state index contributed by atoms with van der Waals surface area (Å²) in [4.78, 5) is 0. The average Bonchev–Trinajstić information content (AvgIpc) is 0. The molecule has 0 spiro atoms. The Morgan fingerprint density at radius 3 is 1.00 bits per heavy atom. The van der Waals surface area contributed by atoms with E-state index in [4.69, 9.17) is 0 Å². The van der Waals surface area contributed by atoms with Gasteiger partial charge >= 0.3 is 23.1 Å². The quantitative estimate of drug-likeness (QED) is 0.322. The van der Waals surface area contributed by atoms with Crippen LogP contribution in [0.4, 0.5) is 0 Å². The molecule has 0 aromatic heterocycles. The van der Waals surface area contributed by atoms with Crippen molar-refractivity contribution in [2.75, 3.05) is 0 Å². The predicted molar refractivity (Wildman–Crippen MR) is 18.5 cm³/mol. The van der Waals surface area contributed by atoms with Crippen LogP contribution in [0.25, 0.3) is 0 Å². The minimum atomic E-state index is 0. The second-order valence-corrected chi connectivity index (χ2v) is 0. The summed E-state index contributed by atoms with van der Waals surface area (Å²) in [5.41, 5.74) is 0. The fraction of sp³-hybridized carbons (Fsp3) is 0. The van der Waals surface area contributed by atoms with Crippen molar-refractivity contribution in [2.45, 2.75) is 0 Å². The van der Waals surface area contributed by atoms with E-state index in [1.807, 2.05) is 0 Å². The molecule has 0 rings (SSSR count). The standard InChI is InChI=1S/Al.Ce.Cu.La.Mg.Mn.Zn.5H. The third-order valence-corrected chi connectivity index (χ3v) is 0. The molecule has 0 aromatic carbocycles. The van der Waals surface area contributed by atoms with Crippen LogP contribution in [0.5, 0.6) is 0 Å². The maximum Gasteiger partial charge on any atom is 0.316 e. The maximum atomic E-state index is 0. The van der Waals surface area contributed by atoms with Crippen LogP contribution in [0.1, 0.15) is 0 Å². The second-order valence-electron chi connectivity index (χ2n) is 0. The molecule has 7 heteroatoms. The third-order valence-electron chi connectivity index (χ3n) is 0. The van der Waals surface area contributed by atoms with Crippen LogP contribution in [0.15, 0.2) is 0 Å². The fourth-order valence-electron chi connectivity index (χ4n) is 0. The van der Waals surface area contributed by atoms with Gasteiger partial charge in [-0.2, -0.15) is 0 Å². The van der Waals surface area contributed by atoms with Gasteiger partial charge in [0.15, 0.2) is 17.4 Å². The zero-order valence-electron chi connectivity index (χ0n) is 2.46. The summed E-state index contributed by atoms with van der Waals surface area (Å²) in [5, 5.41) is 0. The normalized spacial score (nSPS) is 0. The Hall–Kier alpha value is 5.53. The Morgan fingerprint density at radius 2 is 1.00 bits per heavy atom. The fourth-order valence-corrected chi connectivity index (χ4v) is 0. The molecule has 0 atom stereocenters. The molecule has 0 N–H and O–H groups in total. The van der Waals surface area contributed by atoms with Crippen molar-refractivity contribution < 1.29 is 131 Å². The van der Waals surface area contributed by atoms with Gasteiger partial charge in [-0.3, -0.25) is 0 Å². The van der Waals surface area contributed by atoms with Gasteiger partial charge in [-0.15, -0.1) is 0 Å². The van der Waals surface area contributed by atoms with Gasteiger partial charge in [0.05, 0.1) is 0 Å². The van der Waals surface area contributed by atoms with Gasteiger partial charge in [-0.1, -0.05) is 0 Å². The van der Waals surface area contributed by atoms with E-state index in [0.29, 0.717) is 0 Å². The molecule has 0 unspecified atom stereocenters. The van der Waals surface area contributed by atoms with Crippen LogP contribution >= 0.6 is 0 Å². The molecule has 7 heavy (non-hydrogen) atoms. The van der Waals surface area contributed by atoms with E-state index in [1.54, 1.807) is 0 Å². The molecule has 0 fully saturated rings. The molecule has 0 aliphatic carbocycles. The zero-order chi connectivity index (χ0) is 0. The van der Waals surface area contributed by atoms with Crippen LogP contribution in [-0.4, -0.2) is 40.4 Å². The minimum absolute atomic E-state index is 0. The summed E-state index contributed by atoms with van der Waals surface area (Å²) in [6.45, 7) is 0. The van der Waals surface area contributed by atoms with E-state index >= 15 is 0 Å². The average molecular weight is 519 g/mol. The Morgan fingerprint density at radius 1 is 1.00 bits per heavy atom. The van der Waals surface area contributed by atoms with E-state index in [-0.39, 0.29) is 171 Å². The van der Waals surface area contributed by atoms with Crippen LogP contribution < -0.4 is 0 Å². The topological polar surface area (TPSA) is 0 Å². The first-order chi connectivity index (χ1) is 0. The minimum Gasteiger partial charge on any atom is 0 e. The van der Waals surface area contributed by atoms with Crippen molar-refractivity contribution >= 4 is 40.4 Å². The zero-order valence-corrected chi connectivity index (χ0v) is 14.3. The van der Waals surface area contributed by atoms with Crippen molar-refractivity contribution in [2.24, 2.45) is 0 Å². The summed E-state index contributed by atoms with van der Waals surface area (Å²) in [7, 11) is 0. The molecule has 3 radical (unpaired) electrons. The molecule has 0 aliphatic heterocycles. The maximum absolute atomic E-state index is 0. The number of hydrogen-bond acceptors (Lipinski definition) is 0. The molecule has 0 aliphatic rings. The second kappa shape index (κ2) is 41.8. The summed E-state index contributed by atoms with van der Waals surface area (Å²) in [6.07, 6.45) is 0. The van der Waals surface area contributed by atoms with Gasteiger partial charge < -0.3 is 0 Å². The molecule has 0 nitrogen and oxygen atoms in total. The molecular weight excluding hydrogens is 514 g/mol. The van der Waals surface area contributed by atoms with E-state index < -0.39 is 0 Å². The molecule has 0 heterocycles. The van der Waals surface area contributed by atoms with Gasteiger partial charge in [-0.05, 0) is 0 Å². The van der Waals surface area contributed by atoms with E-state index in [0.717, 1.165) is 0 Å². The molecule has 0 amide bonds. The largest absolute Gasteiger partial charge is 0.316 e. The van der Waals surface area contributed by atoms with Crippen molar-refractivity contribution in [3.63, 3.8) is 0 Å². The molecular formula is H5AlCeCuLaMgMnZn. The predicted octanol–water partition coefficient (Wildman–Crippen LogP) is -2.11. The first-order valence-corrected chi connectivity index (χ1v) is 0. The summed E-state index contributed by atoms with van der Waals surface area (Å²) in [6, 6.07) is 0. The van der Waals surface area contributed by atoms with E-state index in [9.17, 15) is 0 Å². The number of hydrogen-bond donors (Lipinski definition) is 0. The van der Waals surface area contributed by atoms with Crippen LogP contribution in [-0.2, 0) is 53.6 Å². The van der Waals surface area contributed by atoms with Crippen molar-refractivity contribution in [3.05, 3.63) is 0 Å². The monoisotopic (exact) mass is 517 g/mol. The van der Waals surface area contributed by atoms with Crippen molar-refractivity contribution in [3.8, 4) is 0 Å². The van der Waals surface area contributed by atoms with Crippen LogP contribution in [0.2, 0.25) is 0 Å². The Kier molecular flexibility index (Phi) is 325. The molecule has 0 aromatic rings. The molecule has 37 valence electrons. The molecule has 0 bridgehead atoms.